The molecule has 0 atom stereocenters. The van der Waals surface area contributed by atoms with E-state index in [4.69, 9.17) is 11.6 Å². The van der Waals surface area contributed by atoms with E-state index in [0.29, 0.717) is 0 Å². The highest BCUT2D eigenvalue weighted by atomic mass is 35.5. The lowest BCUT2D eigenvalue weighted by molar-refractivity contribution is 1.18. The van der Waals surface area contributed by atoms with E-state index in [1.54, 1.807) is 0 Å². The third-order valence-corrected chi connectivity index (χ3v) is 5.25. The van der Waals surface area contributed by atoms with Crippen molar-refractivity contribution in [3.63, 3.8) is 0 Å². The number of hydrogen-bond donors (Lipinski definition) is 0. The Morgan fingerprint density at radius 3 is 2.46 bits per heavy atom. The minimum absolute atomic E-state index is 0.279. The Balaban J connectivity index is 1.65. The molecule has 0 amide bonds. The van der Waals surface area contributed by atoms with Gasteiger partial charge in [0, 0.05) is 5.39 Å². The molecule has 0 saturated heterocycles. The number of nitrogens with zero attached hydrogens (tertiary/aromatic N) is 2. The topological polar surface area (TPSA) is 25.8 Å². The number of hydrogen-bond acceptors (Lipinski definition) is 2. The summed E-state index contributed by atoms with van der Waals surface area (Å²) >= 11 is 6.19. The van der Waals surface area contributed by atoms with E-state index in [2.05, 4.69) is 76.7 Å². The van der Waals surface area contributed by atoms with Crippen LogP contribution in [0.25, 0.3) is 32.8 Å². The number of allylic oxidation sites excluding steroid dienone is 6. The number of aromatic nitrogens is 2. The molecule has 1 aliphatic rings. The minimum Gasteiger partial charge on any atom is -0.218 e. The minimum atomic E-state index is 0.279. The molecule has 0 unspecified atom stereocenters. The Bertz CT molecular complexity index is 1290. The fraction of sp³-hybridized carbons (Fsp3) is 0.0400. The van der Waals surface area contributed by atoms with Gasteiger partial charge in [-0.2, -0.15) is 0 Å². The Kier molecular flexibility index (Phi) is 4.27. The fourth-order valence-corrected chi connectivity index (χ4v) is 3.93. The largest absolute Gasteiger partial charge is 0.223 e. The SMILES string of the molecule is Clc1nc(C2=CC=C(c3cccc4ccccc34)C=CC2)c2ccccc2n1. The maximum absolute atomic E-state index is 6.19. The van der Waals surface area contributed by atoms with E-state index in [1.165, 1.54) is 21.9 Å². The molecule has 0 aliphatic heterocycles. The van der Waals surface area contributed by atoms with Crippen LogP contribution < -0.4 is 0 Å². The molecule has 1 heterocycles. The third-order valence-electron chi connectivity index (χ3n) is 5.08. The molecule has 0 saturated carbocycles. The maximum Gasteiger partial charge on any atom is 0.223 e. The van der Waals surface area contributed by atoms with Crippen LogP contribution in [0.5, 0.6) is 0 Å². The Morgan fingerprint density at radius 1 is 0.750 bits per heavy atom. The predicted molar refractivity (Wildman–Crippen MR) is 118 cm³/mol. The van der Waals surface area contributed by atoms with Crippen molar-refractivity contribution in [2.24, 2.45) is 0 Å². The second kappa shape index (κ2) is 7.06. The number of para-hydroxylation sites is 1. The standard InChI is InChI=1S/C25H17ClN2/c26-25-27-23-14-4-3-12-22(23)24(28-25)19-10-5-8-18(15-16-19)21-13-6-9-17-7-1-2-11-20(17)21/h1-9,11-16H,10H2. The van der Waals surface area contributed by atoms with Crippen molar-refractivity contribution in [3.8, 4) is 0 Å². The van der Waals surface area contributed by atoms with Gasteiger partial charge in [-0.15, -0.1) is 0 Å². The summed E-state index contributed by atoms with van der Waals surface area (Å²) in [7, 11) is 0. The van der Waals surface area contributed by atoms with E-state index in [1.807, 2.05) is 24.3 Å². The molecular weight excluding hydrogens is 364 g/mol. The summed E-state index contributed by atoms with van der Waals surface area (Å²) < 4.78 is 0. The number of fused-ring (bicyclic) bond motifs is 2. The Morgan fingerprint density at radius 2 is 1.54 bits per heavy atom. The van der Waals surface area contributed by atoms with Gasteiger partial charge in [-0.05, 0) is 51.6 Å². The van der Waals surface area contributed by atoms with Crippen LogP contribution in [0.2, 0.25) is 5.28 Å². The maximum atomic E-state index is 6.19. The molecule has 0 spiro atoms. The molecule has 0 fully saturated rings. The molecule has 0 N–H and O–H groups in total. The van der Waals surface area contributed by atoms with Gasteiger partial charge in [-0.1, -0.05) is 85.0 Å². The summed E-state index contributed by atoms with van der Waals surface area (Å²) in [6.45, 7) is 0. The van der Waals surface area contributed by atoms with E-state index in [0.717, 1.165) is 28.6 Å². The van der Waals surface area contributed by atoms with Crippen LogP contribution in [0.1, 0.15) is 17.7 Å². The number of rotatable bonds is 2. The lowest BCUT2D eigenvalue weighted by Crippen LogP contribution is -1.94. The number of halogens is 1. The highest BCUT2D eigenvalue weighted by Gasteiger charge is 2.12. The van der Waals surface area contributed by atoms with Gasteiger partial charge in [-0.3, -0.25) is 0 Å². The molecule has 4 aromatic rings. The lowest BCUT2D eigenvalue weighted by Gasteiger charge is -2.08. The van der Waals surface area contributed by atoms with Gasteiger partial charge in [-0.25, -0.2) is 9.97 Å². The first-order valence-electron chi connectivity index (χ1n) is 9.28. The average Bonchev–Trinajstić information content (AvgIpc) is 2.99. The van der Waals surface area contributed by atoms with Gasteiger partial charge in [0.15, 0.2) is 0 Å². The van der Waals surface area contributed by atoms with Crippen LogP contribution in [0.3, 0.4) is 0 Å². The molecule has 5 rings (SSSR count). The van der Waals surface area contributed by atoms with E-state index >= 15 is 0 Å². The molecule has 3 heteroatoms. The van der Waals surface area contributed by atoms with Crippen molar-refractivity contribution < 1.29 is 0 Å². The van der Waals surface area contributed by atoms with Crippen molar-refractivity contribution >= 4 is 44.4 Å². The molecule has 2 nitrogen and oxygen atoms in total. The molecular formula is C25H17ClN2. The molecule has 0 radical (unpaired) electrons. The normalized spacial score (nSPS) is 14.0. The molecule has 1 aromatic heterocycles. The summed E-state index contributed by atoms with van der Waals surface area (Å²) in [5.74, 6) is 0. The van der Waals surface area contributed by atoms with Crippen LogP contribution in [-0.2, 0) is 0 Å². The van der Waals surface area contributed by atoms with Crippen molar-refractivity contribution in [1.82, 2.24) is 9.97 Å². The highest BCUT2D eigenvalue weighted by Crippen LogP contribution is 2.31. The van der Waals surface area contributed by atoms with Gasteiger partial charge in [0.2, 0.25) is 5.28 Å². The van der Waals surface area contributed by atoms with Crippen molar-refractivity contribution in [1.29, 1.82) is 0 Å². The van der Waals surface area contributed by atoms with Crippen LogP contribution >= 0.6 is 11.6 Å². The molecule has 3 aromatic carbocycles. The third kappa shape index (κ3) is 3.02. The zero-order valence-electron chi connectivity index (χ0n) is 15.1. The molecule has 1 aliphatic carbocycles. The average molecular weight is 381 g/mol. The zero-order chi connectivity index (χ0) is 18.9. The number of benzene rings is 3. The van der Waals surface area contributed by atoms with Crippen LogP contribution in [0, 0.1) is 0 Å². The van der Waals surface area contributed by atoms with Gasteiger partial charge in [0.1, 0.15) is 0 Å². The van der Waals surface area contributed by atoms with E-state index < -0.39 is 0 Å². The summed E-state index contributed by atoms with van der Waals surface area (Å²) in [6.07, 6.45) is 9.50. The second-order valence-electron chi connectivity index (χ2n) is 6.81. The molecule has 134 valence electrons. The first-order chi connectivity index (χ1) is 13.8. The zero-order valence-corrected chi connectivity index (χ0v) is 15.9. The van der Waals surface area contributed by atoms with Gasteiger partial charge < -0.3 is 0 Å². The van der Waals surface area contributed by atoms with Crippen molar-refractivity contribution in [3.05, 3.63) is 108 Å². The predicted octanol–water partition coefficient (Wildman–Crippen LogP) is 6.86. The van der Waals surface area contributed by atoms with E-state index in [9.17, 15) is 0 Å². The Hall–Kier alpha value is -3.23. The first-order valence-corrected chi connectivity index (χ1v) is 9.65. The van der Waals surface area contributed by atoms with Crippen LogP contribution in [0.15, 0.2) is 91.0 Å². The summed E-state index contributed by atoms with van der Waals surface area (Å²) in [5, 5.41) is 3.80. The van der Waals surface area contributed by atoms with E-state index in [-0.39, 0.29) is 5.28 Å². The van der Waals surface area contributed by atoms with Crippen molar-refractivity contribution in [2.75, 3.05) is 0 Å². The highest BCUT2D eigenvalue weighted by molar-refractivity contribution is 6.28. The fourth-order valence-electron chi connectivity index (χ4n) is 3.75. The van der Waals surface area contributed by atoms with Crippen molar-refractivity contribution in [2.45, 2.75) is 6.42 Å². The Labute approximate surface area is 168 Å². The second-order valence-corrected chi connectivity index (χ2v) is 7.14. The van der Waals surface area contributed by atoms with Gasteiger partial charge in [0.05, 0.1) is 11.2 Å². The quantitative estimate of drug-likeness (QED) is 0.355. The van der Waals surface area contributed by atoms with Crippen LogP contribution in [-0.4, -0.2) is 9.97 Å². The molecule has 28 heavy (non-hydrogen) atoms. The summed E-state index contributed by atoms with van der Waals surface area (Å²) in [6, 6.07) is 22.9. The summed E-state index contributed by atoms with van der Waals surface area (Å²) in [4.78, 5) is 8.88. The van der Waals surface area contributed by atoms with Gasteiger partial charge >= 0.3 is 0 Å². The lowest BCUT2D eigenvalue weighted by atomic mass is 9.98. The summed E-state index contributed by atoms with van der Waals surface area (Å²) in [5.41, 5.74) is 5.32. The van der Waals surface area contributed by atoms with Crippen LogP contribution in [0.4, 0.5) is 0 Å². The smallest absolute Gasteiger partial charge is 0.218 e. The molecule has 0 bridgehead atoms. The monoisotopic (exact) mass is 380 g/mol. The first kappa shape index (κ1) is 16.9. The van der Waals surface area contributed by atoms with Gasteiger partial charge in [0.25, 0.3) is 0 Å².